The number of para-hydroxylation sites is 1. The normalized spacial score (nSPS) is 10.4. The number of ketones is 1. The molecule has 0 amide bonds. The van der Waals surface area contributed by atoms with Gasteiger partial charge in [-0.1, -0.05) is 18.2 Å². The summed E-state index contributed by atoms with van der Waals surface area (Å²) in [5.74, 6) is 0.0865. The van der Waals surface area contributed by atoms with Crippen LogP contribution in [0.2, 0.25) is 0 Å². The van der Waals surface area contributed by atoms with Gasteiger partial charge in [-0.15, -0.1) is 0 Å². The molecular formula is C17H15N2O+. The van der Waals surface area contributed by atoms with Crippen LogP contribution in [-0.4, -0.2) is 10.4 Å². The molecule has 0 aliphatic carbocycles. The van der Waals surface area contributed by atoms with E-state index in [4.69, 9.17) is 0 Å². The van der Waals surface area contributed by atoms with Crippen LogP contribution >= 0.6 is 0 Å². The third-order valence-electron chi connectivity index (χ3n) is 3.26. The summed E-state index contributed by atoms with van der Waals surface area (Å²) in [7, 11) is 0. The van der Waals surface area contributed by atoms with Crippen LogP contribution in [-0.2, 0) is 0 Å². The largest absolute Gasteiger partial charge is 0.295 e. The molecule has 0 radical (unpaired) electrons. The fraction of sp³-hybridized carbons (Fsp3) is 0.0588. The van der Waals surface area contributed by atoms with Crippen LogP contribution in [0.5, 0.6) is 0 Å². The average molecular weight is 263 g/mol. The second-order valence-electron chi connectivity index (χ2n) is 4.67. The van der Waals surface area contributed by atoms with Crippen molar-refractivity contribution in [3.8, 4) is 11.4 Å². The van der Waals surface area contributed by atoms with Gasteiger partial charge in [-0.25, -0.2) is 9.13 Å². The maximum Gasteiger partial charge on any atom is 0.254 e. The average Bonchev–Trinajstić information content (AvgIpc) is 2.98. The van der Waals surface area contributed by atoms with E-state index in [-0.39, 0.29) is 5.78 Å². The van der Waals surface area contributed by atoms with Crippen LogP contribution < -0.4 is 4.57 Å². The number of benzene rings is 2. The van der Waals surface area contributed by atoms with E-state index in [0.29, 0.717) is 0 Å². The first-order chi connectivity index (χ1) is 9.74. The molecule has 0 saturated carbocycles. The van der Waals surface area contributed by atoms with Gasteiger partial charge in [0, 0.05) is 5.56 Å². The van der Waals surface area contributed by atoms with E-state index in [9.17, 15) is 4.79 Å². The fourth-order valence-electron chi connectivity index (χ4n) is 2.13. The van der Waals surface area contributed by atoms with Crippen molar-refractivity contribution in [1.82, 2.24) is 4.57 Å². The van der Waals surface area contributed by atoms with Gasteiger partial charge in [-0.3, -0.25) is 4.79 Å². The zero-order chi connectivity index (χ0) is 13.9. The predicted molar refractivity (Wildman–Crippen MR) is 77.3 cm³/mol. The molecule has 3 heteroatoms. The van der Waals surface area contributed by atoms with E-state index in [0.717, 1.165) is 16.9 Å². The Morgan fingerprint density at radius 3 is 2.35 bits per heavy atom. The number of aromatic nitrogens is 2. The minimum absolute atomic E-state index is 0.0865. The highest BCUT2D eigenvalue weighted by atomic mass is 16.1. The fourth-order valence-corrected chi connectivity index (χ4v) is 2.13. The zero-order valence-corrected chi connectivity index (χ0v) is 11.2. The molecule has 0 spiro atoms. The van der Waals surface area contributed by atoms with Crippen molar-refractivity contribution in [3.63, 3.8) is 0 Å². The first-order valence-corrected chi connectivity index (χ1v) is 6.50. The van der Waals surface area contributed by atoms with Crippen LogP contribution in [0.3, 0.4) is 0 Å². The molecule has 0 saturated heterocycles. The quantitative estimate of drug-likeness (QED) is 0.527. The maximum atomic E-state index is 11.3. The van der Waals surface area contributed by atoms with Crippen molar-refractivity contribution in [2.75, 3.05) is 0 Å². The van der Waals surface area contributed by atoms with Gasteiger partial charge < -0.3 is 0 Å². The van der Waals surface area contributed by atoms with Crippen molar-refractivity contribution in [3.05, 3.63) is 78.9 Å². The van der Waals surface area contributed by atoms with Crippen molar-refractivity contribution in [2.45, 2.75) is 6.92 Å². The van der Waals surface area contributed by atoms with Gasteiger partial charge in [0.1, 0.15) is 23.8 Å². The third-order valence-corrected chi connectivity index (χ3v) is 3.26. The number of carbonyl (C=O) groups is 1. The Morgan fingerprint density at radius 1 is 1.00 bits per heavy atom. The summed E-state index contributed by atoms with van der Waals surface area (Å²) >= 11 is 0. The van der Waals surface area contributed by atoms with E-state index in [1.54, 1.807) is 6.92 Å². The van der Waals surface area contributed by atoms with Gasteiger partial charge in [0.2, 0.25) is 0 Å². The van der Waals surface area contributed by atoms with Crippen molar-refractivity contribution in [1.29, 1.82) is 0 Å². The van der Waals surface area contributed by atoms with Crippen LogP contribution in [0, 0.1) is 0 Å². The molecule has 0 bridgehead atoms. The molecule has 0 unspecified atom stereocenters. The number of hydrogen-bond donors (Lipinski definition) is 0. The van der Waals surface area contributed by atoms with Gasteiger partial charge in [-0.2, -0.15) is 0 Å². The van der Waals surface area contributed by atoms with Crippen molar-refractivity contribution in [2.24, 2.45) is 0 Å². The van der Waals surface area contributed by atoms with Gasteiger partial charge in [0.25, 0.3) is 6.33 Å². The molecule has 0 N–H and O–H groups in total. The Balaban J connectivity index is 1.92. The molecular weight excluding hydrogens is 248 g/mol. The highest BCUT2D eigenvalue weighted by Gasteiger charge is 2.08. The lowest BCUT2D eigenvalue weighted by atomic mass is 10.1. The molecule has 0 aliphatic rings. The predicted octanol–water partition coefficient (Wildman–Crippen LogP) is 2.96. The van der Waals surface area contributed by atoms with E-state index < -0.39 is 0 Å². The Kier molecular flexibility index (Phi) is 3.17. The number of nitrogens with zero attached hydrogens (tertiary/aromatic N) is 2. The first-order valence-electron chi connectivity index (χ1n) is 6.50. The first kappa shape index (κ1) is 12.4. The Morgan fingerprint density at radius 2 is 1.70 bits per heavy atom. The smallest absolute Gasteiger partial charge is 0.254 e. The van der Waals surface area contributed by atoms with Gasteiger partial charge >= 0.3 is 0 Å². The molecule has 20 heavy (non-hydrogen) atoms. The summed E-state index contributed by atoms with van der Waals surface area (Å²) in [5, 5.41) is 0. The summed E-state index contributed by atoms with van der Waals surface area (Å²) in [6.45, 7) is 1.58. The monoisotopic (exact) mass is 263 g/mol. The second kappa shape index (κ2) is 5.13. The van der Waals surface area contributed by atoms with E-state index in [1.807, 2.05) is 65.8 Å². The molecule has 0 atom stereocenters. The molecule has 0 aliphatic heterocycles. The Hall–Kier alpha value is -2.68. The lowest BCUT2D eigenvalue weighted by molar-refractivity contribution is -0.594. The second-order valence-corrected chi connectivity index (χ2v) is 4.67. The highest BCUT2D eigenvalue weighted by molar-refractivity contribution is 5.94. The number of rotatable bonds is 3. The van der Waals surface area contributed by atoms with Gasteiger partial charge in [0.05, 0.1) is 0 Å². The third kappa shape index (κ3) is 2.38. The van der Waals surface area contributed by atoms with Crippen LogP contribution in [0.1, 0.15) is 17.3 Å². The number of imidazole rings is 1. The summed E-state index contributed by atoms with van der Waals surface area (Å²) in [6.07, 6.45) is 6.02. The lowest BCUT2D eigenvalue weighted by Gasteiger charge is -1.98. The Labute approximate surface area is 117 Å². The van der Waals surface area contributed by atoms with Gasteiger partial charge in [0.15, 0.2) is 5.78 Å². The summed E-state index contributed by atoms with van der Waals surface area (Å²) in [5.41, 5.74) is 2.88. The van der Waals surface area contributed by atoms with Crippen LogP contribution in [0.25, 0.3) is 11.4 Å². The molecule has 2 aromatic carbocycles. The van der Waals surface area contributed by atoms with Crippen molar-refractivity contribution >= 4 is 5.78 Å². The zero-order valence-electron chi connectivity index (χ0n) is 11.2. The number of hydrogen-bond acceptors (Lipinski definition) is 1. The molecule has 1 heterocycles. The maximum absolute atomic E-state index is 11.3. The lowest BCUT2D eigenvalue weighted by Crippen LogP contribution is -2.27. The van der Waals surface area contributed by atoms with E-state index in [1.165, 1.54) is 0 Å². The summed E-state index contributed by atoms with van der Waals surface area (Å²) in [4.78, 5) is 11.3. The molecule has 3 nitrogen and oxygen atoms in total. The Bertz CT molecular complexity index is 727. The minimum atomic E-state index is 0.0865. The van der Waals surface area contributed by atoms with Gasteiger partial charge in [-0.05, 0) is 43.3 Å². The number of carbonyl (C=O) groups excluding carboxylic acids is 1. The summed E-state index contributed by atoms with van der Waals surface area (Å²) < 4.78 is 4.08. The minimum Gasteiger partial charge on any atom is -0.295 e. The highest BCUT2D eigenvalue weighted by Crippen LogP contribution is 2.08. The van der Waals surface area contributed by atoms with E-state index >= 15 is 0 Å². The standard InChI is InChI=1S/C17H15N2O/c1-14(20)15-7-9-17(10-8-15)19-12-11-18(13-19)16-5-3-2-4-6-16/h2-13H,1H3/q+1. The molecule has 3 rings (SSSR count). The summed E-state index contributed by atoms with van der Waals surface area (Å²) in [6, 6.07) is 17.8. The van der Waals surface area contributed by atoms with Crippen LogP contribution in [0.4, 0.5) is 0 Å². The number of Topliss-reactive ketones (excluding diaryl/α,β-unsaturated/α-hetero) is 1. The van der Waals surface area contributed by atoms with Crippen LogP contribution in [0.15, 0.2) is 73.3 Å². The van der Waals surface area contributed by atoms with E-state index in [2.05, 4.69) is 16.7 Å². The molecule has 3 aromatic rings. The molecule has 0 fully saturated rings. The topological polar surface area (TPSA) is 25.9 Å². The molecule has 1 aromatic heterocycles. The SMILES string of the molecule is CC(=O)c1ccc(-[n+]2ccn(-c3ccccc3)c2)cc1. The van der Waals surface area contributed by atoms with Crippen molar-refractivity contribution < 1.29 is 9.36 Å². The molecule has 98 valence electrons.